The molecule has 106 valence electrons. The molecule has 10 heteroatoms. The van der Waals surface area contributed by atoms with Crippen LogP contribution in [0.2, 0.25) is 0 Å². The van der Waals surface area contributed by atoms with Crippen molar-refractivity contribution in [3.63, 3.8) is 0 Å². The number of benzene rings is 1. The lowest BCUT2D eigenvalue weighted by atomic mass is 10.2. The van der Waals surface area contributed by atoms with Crippen LogP contribution in [0, 0.1) is 5.82 Å². The third-order valence-electron chi connectivity index (χ3n) is 1.87. The van der Waals surface area contributed by atoms with Gasteiger partial charge in [-0.1, -0.05) is 0 Å². The van der Waals surface area contributed by atoms with Crippen LogP contribution >= 0.6 is 15.9 Å². The molecule has 0 aliphatic rings. The largest absolute Gasteiger partial charge is 0.471 e. The van der Waals surface area contributed by atoms with Gasteiger partial charge in [0, 0.05) is 4.47 Å². The summed E-state index contributed by atoms with van der Waals surface area (Å²) in [4.78, 5) is 10.6. The summed E-state index contributed by atoms with van der Waals surface area (Å²) in [6.45, 7) is 0. The SMILES string of the molecule is O=C(Nc1cc(C(F)(F)F)c(F)cc1Br)C(F)(F)F. The van der Waals surface area contributed by atoms with Crippen molar-refractivity contribution in [2.45, 2.75) is 12.4 Å². The van der Waals surface area contributed by atoms with Crippen molar-refractivity contribution >= 4 is 27.5 Å². The lowest BCUT2D eigenvalue weighted by Gasteiger charge is -2.13. The predicted molar refractivity (Wildman–Crippen MR) is 53.8 cm³/mol. The number of rotatable bonds is 1. The summed E-state index contributed by atoms with van der Waals surface area (Å²) in [5, 5.41) is 1.21. The fourth-order valence-corrected chi connectivity index (χ4v) is 1.47. The van der Waals surface area contributed by atoms with E-state index in [-0.39, 0.29) is 6.07 Å². The lowest BCUT2D eigenvalue weighted by molar-refractivity contribution is -0.167. The number of carbonyl (C=O) groups is 1. The number of halogens is 8. The van der Waals surface area contributed by atoms with Crippen LogP contribution in [0.25, 0.3) is 0 Å². The summed E-state index contributed by atoms with van der Waals surface area (Å²) >= 11 is 2.55. The molecule has 0 radical (unpaired) electrons. The van der Waals surface area contributed by atoms with E-state index in [1.54, 1.807) is 0 Å². The molecule has 1 N–H and O–H groups in total. The van der Waals surface area contributed by atoms with Crippen LogP contribution in [0.3, 0.4) is 0 Å². The number of anilines is 1. The molecule has 0 heterocycles. The summed E-state index contributed by atoms with van der Waals surface area (Å²) in [6.07, 6.45) is -10.4. The van der Waals surface area contributed by atoms with E-state index in [1.807, 2.05) is 0 Å². The number of hydrogen-bond donors (Lipinski definition) is 1. The second-order valence-corrected chi connectivity index (χ2v) is 4.12. The Morgan fingerprint density at radius 2 is 1.63 bits per heavy atom. The van der Waals surface area contributed by atoms with E-state index >= 15 is 0 Å². The summed E-state index contributed by atoms with van der Waals surface area (Å²) in [5.74, 6) is -4.14. The second kappa shape index (κ2) is 4.99. The molecule has 0 atom stereocenters. The van der Waals surface area contributed by atoms with E-state index in [0.717, 1.165) is 0 Å². The fourth-order valence-electron chi connectivity index (χ4n) is 1.06. The van der Waals surface area contributed by atoms with Gasteiger partial charge in [0.25, 0.3) is 0 Å². The van der Waals surface area contributed by atoms with Crippen LogP contribution in [-0.4, -0.2) is 12.1 Å². The maximum atomic E-state index is 13.0. The average molecular weight is 354 g/mol. The first-order chi connectivity index (χ1) is 8.43. The first-order valence-electron chi connectivity index (χ1n) is 4.37. The molecule has 0 saturated carbocycles. The van der Waals surface area contributed by atoms with Crippen LogP contribution in [0.5, 0.6) is 0 Å². The lowest BCUT2D eigenvalue weighted by Crippen LogP contribution is -2.30. The highest BCUT2D eigenvalue weighted by molar-refractivity contribution is 9.10. The van der Waals surface area contributed by atoms with Gasteiger partial charge >= 0.3 is 18.3 Å². The van der Waals surface area contributed by atoms with E-state index in [1.165, 1.54) is 5.32 Å². The van der Waals surface area contributed by atoms with Crippen LogP contribution in [0.15, 0.2) is 16.6 Å². The van der Waals surface area contributed by atoms with Gasteiger partial charge in [0.1, 0.15) is 5.82 Å². The van der Waals surface area contributed by atoms with E-state index in [2.05, 4.69) is 15.9 Å². The van der Waals surface area contributed by atoms with Crippen molar-refractivity contribution in [2.75, 3.05) is 5.32 Å². The minimum absolute atomic E-state index is 0.0725. The van der Waals surface area contributed by atoms with Gasteiger partial charge in [-0.15, -0.1) is 0 Å². The molecule has 1 rings (SSSR count). The Kier molecular flexibility index (Phi) is 4.13. The molecule has 1 aromatic rings. The van der Waals surface area contributed by atoms with Crippen molar-refractivity contribution in [3.05, 3.63) is 28.0 Å². The van der Waals surface area contributed by atoms with Crippen LogP contribution in [0.4, 0.5) is 36.4 Å². The molecule has 0 aliphatic heterocycles. The number of alkyl halides is 6. The molecular formula is C9H3BrF7NO. The number of carbonyl (C=O) groups excluding carboxylic acids is 1. The number of nitrogens with one attached hydrogen (secondary N) is 1. The molecule has 0 aromatic heterocycles. The van der Waals surface area contributed by atoms with E-state index < -0.39 is 39.8 Å². The Bertz CT molecular complexity index is 509. The van der Waals surface area contributed by atoms with E-state index in [0.29, 0.717) is 6.07 Å². The second-order valence-electron chi connectivity index (χ2n) is 3.26. The standard InChI is InChI=1S/C9H3BrF7NO/c10-4-2-5(11)3(8(12,13)14)1-6(4)18-7(19)9(15,16)17/h1-2H,(H,18,19). The third kappa shape index (κ3) is 3.82. The van der Waals surface area contributed by atoms with Gasteiger partial charge in [0.05, 0.1) is 11.3 Å². The minimum Gasteiger partial charge on any atom is -0.317 e. The molecule has 1 amide bonds. The van der Waals surface area contributed by atoms with Gasteiger partial charge in [0.15, 0.2) is 0 Å². The quantitative estimate of drug-likeness (QED) is 0.756. The van der Waals surface area contributed by atoms with Crippen molar-refractivity contribution < 1.29 is 35.5 Å². The Labute approximate surface area is 109 Å². The topological polar surface area (TPSA) is 29.1 Å². The zero-order valence-corrected chi connectivity index (χ0v) is 10.2. The highest BCUT2D eigenvalue weighted by Gasteiger charge is 2.40. The molecule has 0 fully saturated rings. The van der Waals surface area contributed by atoms with Crippen LogP contribution in [0.1, 0.15) is 5.56 Å². The van der Waals surface area contributed by atoms with E-state index in [4.69, 9.17) is 0 Å². The first-order valence-corrected chi connectivity index (χ1v) is 5.16. The fraction of sp³-hybridized carbons (Fsp3) is 0.222. The summed E-state index contributed by atoms with van der Waals surface area (Å²) in [7, 11) is 0. The molecule has 19 heavy (non-hydrogen) atoms. The number of amides is 1. The Morgan fingerprint density at radius 3 is 2.05 bits per heavy atom. The van der Waals surface area contributed by atoms with Crippen molar-refractivity contribution in [2.24, 2.45) is 0 Å². The van der Waals surface area contributed by atoms with E-state index in [9.17, 15) is 35.5 Å². The van der Waals surface area contributed by atoms with Crippen molar-refractivity contribution in [3.8, 4) is 0 Å². The Balaban J connectivity index is 3.20. The predicted octanol–water partition coefficient (Wildman–Crippen LogP) is 4.11. The van der Waals surface area contributed by atoms with Gasteiger partial charge in [-0.3, -0.25) is 4.79 Å². The van der Waals surface area contributed by atoms with Gasteiger partial charge in [-0.25, -0.2) is 4.39 Å². The molecular weight excluding hydrogens is 351 g/mol. The molecule has 1 aromatic carbocycles. The van der Waals surface area contributed by atoms with Crippen LogP contribution in [-0.2, 0) is 11.0 Å². The summed E-state index contributed by atoms with van der Waals surface area (Å²) in [6, 6.07) is 0.387. The highest BCUT2D eigenvalue weighted by atomic mass is 79.9. The Hall–Kier alpha value is -1.32. The highest BCUT2D eigenvalue weighted by Crippen LogP contribution is 2.36. The molecule has 0 saturated heterocycles. The van der Waals surface area contributed by atoms with Gasteiger partial charge in [-0.2, -0.15) is 26.3 Å². The monoisotopic (exact) mass is 353 g/mol. The minimum atomic E-state index is -5.27. The molecule has 0 aliphatic carbocycles. The first kappa shape index (κ1) is 15.7. The average Bonchev–Trinajstić information content (AvgIpc) is 2.18. The maximum absolute atomic E-state index is 13.0. The Morgan fingerprint density at radius 1 is 1.11 bits per heavy atom. The van der Waals surface area contributed by atoms with Gasteiger partial charge in [-0.05, 0) is 28.1 Å². The van der Waals surface area contributed by atoms with Crippen molar-refractivity contribution in [1.82, 2.24) is 0 Å². The third-order valence-corrected chi connectivity index (χ3v) is 2.52. The normalized spacial score (nSPS) is 12.4. The van der Waals surface area contributed by atoms with Gasteiger partial charge < -0.3 is 5.32 Å². The van der Waals surface area contributed by atoms with Gasteiger partial charge in [0.2, 0.25) is 0 Å². The molecule has 2 nitrogen and oxygen atoms in total. The van der Waals surface area contributed by atoms with Crippen LogP contribution < -0.4 is 5.32 Å². The smallest absolute Gasteiger partial charge is 0.317 e. The zero-order chi connectivity index (χ0) is 15.0. The summed E-state index contributed by atoms with van der Waals surface area (Å²) < 4.78 is 85.5. The molecule has 0 spiro atoms. The molecule has 0 bridgehead atoms. The van der Waals surface area contributed by atoms with Crippen molar-refractivity contribution in [1.29, 1.82) is 0 Å². The molecule has 0 unspecified atom stereocenters. The zero-order valence-electron chi connectivity index (χ0n) is 8.59. The number of hydrogen-bond acceptors (Lipinski definition) is 1. The summed E-state index contributed by atoms with van der Waals surface area (Å²) in [5.41, 5.74) is -2.62. The maximum Gasteiger partial charge on any atom is 0.471 e.